The maximum atomic E-state index is 12.4. The standard InChI is InChI=1S/C13H17N5O2S/c1-9-15-12(16-20-9)10-4-3-6-18(10)8-11(19)17(2)13-14-5-7-21-13/h5,7,10H,3-4,6,8H2,1-2H3/t10-/m1/s1. The Morgan fingerprint density at radius 1 is 1.62 bits per heavy atom. The molecule has 8 heteroatoms. The number of thiazole rings is 1. The number of hydrogen-bond donors (Lipinski definition) is 0. The third kappa shape index (κ3) is 2.96. The number of rotatable bonds is 4. The summed E-state index contributed by atoms with van der Waals surface area (Å²) in [4.78, 5) is 24.5. The van der Waals surface area contributed by atoms with Crippen LogP contribution < -0.4 is 4.90 Å². The lowest BCUT2D eigenvalue weighted by Gasteiger charge is -2.23. The molecule has 2 aromatic rings. The molecule has 0 aromatic carbocycles. The van der Waals surface area contributed by atoms with Gasteiger partial charge in [-0.15, -0.1) is 11.3 Å². The maximum absolute atomic E-state index is 12.4. The molecule has 0 aliphatic carbocycles. The summed E-state index contributed by atoms with van der Waals surface area (Å²) in [6, 6.07) is 0.0658. The van der Waals surface area contributed by atoms with Crippen LogP contribution in [0.3, 0.4) is 0 Å². The molecule has 1 fully saturated rings. The van der Waals surface area contributed by atoms with E-state index in [1.165, 1.54) is 11.3 Å². The van der Waals surface area contributed by atoms with Gasteiger partial charge in [0.2, 0.25) is 11.8 Å². The quantitative estimate of drug-likeness (QED) is 0.854. The second-order valence-corrected chi connectivity index (χ2v) is 5.94. The SMILES string of the molecule is Cc1nc([C@H]2CCCN2CC(=O)N(C)c2nccs2)no1. The third-order valence-electron chi connectivity index (χ3n) is 3.62. The molecule has 1 aliphatic rings. The normalized spacial score (nSPS) is 19.0. The summed E-state index contributed by atoms with van der Waals surface area (Å²) in [5.74, 6) is 1.26. The molecule has 0 bridgehead atoms. The fraction of sp³-hybridized carbons (Fsp3) is 0.538. The van der Waals surface area contributed by atoms with Crippen LogP contribution in [0.15, 0.2) is 16.1 Å². The minimum Gasteiger partial charge on any atom is -0.340 e. The first-order valence-electron chi connectivity index (χ1n) is 6.85. The number of amides is 1. The highest BCUT2D eigenvalue weighted by molar-refractivity contribution is 7.13. The number of carbonyl (C=O) groups excluding carboxylic acids is 1. The van der Waals surface area contributed by atoms with Crippen LogP contribution in [-0.4, -0.2) is 46.1 Å². The molecule has 3 heterocycles. The minimum atomic E-state index is 0.0251. The van der Waals surface area contributed by atoms with Crippen molar-refractivity contribution in [1.82, 2.24) is 20.0 Å². The Morgan fingerprint density at radius 2 is 2.48 bits per heavy atom. The minimum absolute atomic E-state index is 0.0251. The number of aryl methyl sites for hydroxylation is 1. The van der Waals surface area contributed by atoms with Gasteiger partial charge in [-0.25, -0.2) is 4.98 Å². The van der Waals surface area contributed by atoms with Gasteiger partial charge in [0.15, 0.2) is 11.0 Å². The van der Waals surface area contributed by atoms with Crippen molar-refractivity contribution in [1.29, 1.82) is 0 Å². The molecule has 0 radical (unpaired) electrons. The van der Waals surface area contributed by atoms with Gasteiger partial charge in [0.1, 0.15) is 0 Å². The van der Waals surface area contributed by atoms with Crippen LogP contribution in [-0.2, 0) is 4.79 Å². The first-order chi connectivity index (χ1) is 10.1. The van der Waals surface area contributed by atoms with Crippen LogP contribution >= 0.6 is 11.3 Å². The molecule has 0 N–H and O–H groups in total. The summed E-state index contributed by atoms with van der Waals surface area (Å²) in [6.07, 6.45) is 3.68. The van der Waals surface area contributed by atoms with Crippen LogP contribution in [0.5, 0.6) is 0 Å². The largest absolute Gasteiger partial charge is 0.340 e. The van der Waals surface area contributed by atoms with E-state index in [4.69, 9.17) is 4.52 Å². The zero-order chi connectivity index (χ0) is 14.8. The van der Waals surface area contributed by atoms with Crippen molar-refractivity contribution in [3.63, 3.8) is 0 Å². The monoisotopic (exact) mass is 307 g/mol. The molecule has 1 saturated heterocycles. The van der Waals surface area contributed by atoms with Crippen molar-refractivity contribution in [2.75, 3.05) is 25.0 Å². The van der Waals surface area contributed by atoms with Gasteiger partial charge in [0.25, 0.3) is 0 Å². The van der Waals surface area contributed by atoms with E-state index in [-0.39, 0.29) is 11.9 Å². The summed E-state index contributed by atoms with van der Waals surface area (Å²) in [5.41, 5.74) is 0. The first-order valence-corrected chi connectivity index (χ1v) is 7.73. The van der Waals surface area contributed by atoms with E-state index in [9.17, 15) is 4.79 Å². The van der Waals surface area contributed by atoms with Crippen LogP contribution in [0.2, 0.25) is 0 Å². The van der Waals surface area contributed by atoms with Gasteiger partial charge < -0.3 is 4.52 Å². The van der Waals surface area contributed by atoms with Gasteiger partial charge >= 0.3 is 0 Å². The summed E-state index contributed by atoms with van der Waals surface area (Å²) >= 11 is 1.45. The van der Waals surface area contributed by atoms with Crippen LogP contribution in [0.4, 0.5) is 5.13 Å². The van der Waals surface area contributed by atoms with Gasteiger partial charge in [0.05, 0.1) is 12.6 Å². The third-order valence-corrected chi connectivity index (χ3v) is 4.47. The second kappa shape index (κ2) is 5.90. The van der Waals surface area contributed by atoms with E-state index in [2.05, 4.69) is 20.0 Å². The Hall–Kier alpha value is -1.80. The molecule has 21 heavy (non-hydrogen) atoms. The van der Waals surface area contributed by atoms with Crippen molar-refractivity contribution in [2.24, 2.45) is 0 Å². The van der Waals surface area contributed by atoms with E-state index in [1.54, 1.807) is 25.1 Å². The summed E-state index contributed by atoms with van der Waals surface area (Å²) in [5, 5.41) is 6.56. The molecule has 1 amide bonds. The fourth-order valence-electron chi connectivity index (χ4n) is 2.53. The predicted molar refractivity (Wildman–Crippen MR) is 78.1 cm³/mol. The van der Waals surface area contributed by atoms with Crippen molar-refractivity contribution in [3.8, 4) is 0 Å². The molecule has 2 aromatic heterocycles. The van der Waals surface area contributed by atoms with E-state index in [0.717, 1.165) is 19.4 Å². The first kappa shape index (κ1) is 14.2. The van der Waals surface area contributed by atoms with Gasteiger partial charge in [-0.05, 0) is 19.4 Å². The highest BCUT2D eigenvalue weighted by atomic mass is 32.1. The summed E-state index contributed by atoms with van der Waals surface area (Å²) in [6.45, 7) is 2.99. The average Bonchev–Trinajstić information content (AvgIpc) is 3.17. The molecule has 0 unspecified atom stereocenters. The average molecular weight is 307 g/mol. The summed E-state index contributed by atoms with van der Waals surface area (Å²) < 4.78 is 5.05. The predicted octanol–water partition coefficient (Wildman–Crippen LogP) is 1.63. The van der Waals surface area contributed by atoms with Crippen molar-refractivity contribution >= 4 is 22.4 Å². The summed E-state index contributed by atoms with van der Waals surface area (Å²) in [7, 11) is 1.75. The second-order valence-electron chi connectivity index (χ2n) is 5.07. The van der Waals surface area contributed by atoms with Crippen LogP contribution in [0.25, 0.3) is 0 Å². The highest BCUT2D eigenvalue weighted by Gasteiger charge is 2.32. The number of likely N-dealkylation sites (N-methyl/N-ethyl adjacent to an activating group) is 1. The molecular weight excluding hydrogens is 290 g/mol. The van der Waals surface area contributed by atoms with E-state index < -0.39 is 0 Å². The Bertz CT molecular complexity index is 612. The number of aromatic nitrogens is 3. The molecule has 1 aliphatic heterocycles. The smallest absolute Gasteiger partial charge is 0.242 e. The topological polar surface area (TPSA) is 75.4 Å². The van der Waals surface area contributed by atoms with Gasteiger partial charge in [-0.3, -0.25) is 14.6 Å². The molecule has 112 valence electrons. The number of hydrogen-bond acceptors (Lipinski definition) is 7. The Balaban J connectivity index is 1.67. The zero-order valence-electron chi connectivity index (χ0n) is 12.0. The van der Waals surface area contributed by atoms with Crippen molar-refractivity contribution < 1.29 is 9.32 Å². The van der Waals surface area contributed by atoms with E-state index in [1.807, 2.05) is 5.38 Å². The molecule has 0 spiro atoms. The molecule has 3 rings (SSSR count). The highest BCUT2D eigenvalue weighted by Crippen LogP contribution is 2.30. The lowest BCUT2D eigenvalue weighted by Crippen LogP contribution is -2.38. The van der Waals surface area contributed by atoms with E-state index in [0.29, 0.717) is 23.4 Å². The Kier molecular flexibility index (Phi) is 3.98. The van der Waals surface area contributed by atoms with Crippen LogP contribution in [0.1, 0.15) is 30.6 Å². The van der Waals surface area contributed by atoms with E-state index >= 15 is 0 Å². The van der Waals surface area contributed by atoms with Gasteiger partial charge in [0, 0.05) is 25.5 Å². The maximum Gasteiger partial charge on any atom is 0.242 e. The molecular formula is C13H17N5O2S. The zero-order valence-corrected chi connectivity index (χ0v) is 12.8. The Morgan fingerprint density at radius 3 is 3.14 bits per heavy atom. The van der Waals surface area contributed by atoms with Crippen LogP contribution in [0, 0.1) is 6.92 Å². The lowest BCUT2D eigenvalue weighted by atomic mass is 10.2. The lowest BCUT2D eigenvalue weighted by molar-refractivity contribution is -0.119. The Labute approximate surface area is 126 Å². The number of nitrogens with zero attached hydrogens (tertiary/aromatic N) is 5. The number of carbonyl (C=O) groups is 1. The molecule has 1 atom stereocenters. The van der Waals surface area contributed by atoms with Gasteiger partial charge in [-0.1, -0.05) is 5.16 Å². The van der Waals surface area contributed by atoms with Crippen molar-refractivity contribution in [3.05, 3.63) is 23.3 Å². The molecule has 0 saturated carbocycles. The fourth-order valence-corrected chi connectivity index (χ4v) is 3.15. The number of likely N-dealkylation sites (tertiary alicyclic amines) is 1. The number of anilines is 1. The van der Waals surface area contributed by atoms with Crippen molar-refractivity contribution in [2.45, 2.75) is 25.8 Å². The van der Waals surface area contributed by atoms with Gasteiger partial charge in [-0.2, -0.15) is 4.98 Å². The molecule has 7 nitrogen and oxygen atoms in total.